The van der Waals surface area contributed by atoms with Gasteiger partial charge in [-0.2, -0.15) is 0 Å². The minimum Gasteiger partial charge on any atom is -0.365 e. The number of benzene rings is 1. The van der Waals surface area contributed by atoms with Gasteiger partial charge in [-0.1, -0.05) is 30.3 Å². The van der Waals surface area contributed by atoms with E-state index < -0.39 is 11.2 Å². The van der Waals surface area contributed by atoms with Crippen molar-refractivity contribution in [3.05, 3.63) is 62.8 Å². The predicted octanol–water partition coefficient (Wildman–Crippen LogP) is 2.46. The second kappa shape index (κ2) is 5.60. The van der Waals surface area contributed by atoms with Gasteiger partial charge in [-0.25, -0.2) is 4.79 Å². The lowest BCUT2D eigenvalue weighted by atomic mass is 10.1. The molecule has 1 aromatic carbocycles. The van der Waals surface area contributed by atoms with Crippen molar-refractivity contribution >= 4 is 5.82 Å². The van der Waals surface area contributed by atoms with Crippen LogP contribution in [0, 0.1) is 0 Å². The lowest BCUT2D eigenvalue weighted by Crippen LogP contribution is -2.44. The maximum Gasteiger partial charge on any atom is 0.330 e. The van der Waals surface area contributed by atoms with Crippen molar-refractivity contribution in [3.8, 4) is 0 Å². The van der Waals surface area contributed by atoms with Gasteiger partial charge in [-0.05, 0) is 33.3 Å². The van der Waals surface area contributed by atoms with Gasteiger partial charge in [0.25, 0.3) is 5.56 Å². The summed E-state index contributed by atoms with van der Waals surface area (Å²) in [6, 6.07) is 11.3. The summed E-state index contributed by atoms with van der Waals surface area (Å²) in [6.45, 7) is 7.44. The molecule has 0 aliphatic heterocycles. The van der Waals surface area contributed by atoms with Gasteiger partial charge >= 0.3 is 5.69 Å². The van der Waals surface area contributed by atoms with Crippen molar-refractivity contribution in [2.24, 2.45) is 0 Å². The second-order valence-electron chi connectivity index (χ2n) is 6.11. The number of H-pyrrole nitrogens is 1. The van der Waals surface area contributed by atoms with E-state index in [1.165, 1.54) is 10.6 Å². The van der Waals surface area contributed by atoms with Crippen LogP contribution in [0.25, 0.3) is 0 Å². The summed E-state index contributed by atoms with van der Waals surface area (Å²) in [4.78, 5) is 26.9. The smallest absolute Gasteiger partial charge is 0.330 e. The van der Waals surface area contributed by atoms with Crippen molar-refractivity contribution in [2.45, 2.75) is 39.3 Å². The fourth-order valence-electron chi connectivity index (χ4n) is 2.27. The summed E-state index contributed by atoms with van der Waals surface area (Å²) in [5, 5.41) is 3.15. The topological polar surface area (TPSA) is 66.9 Å². The molecule has 0 saturated heterocycles. The van der Waals surface area contributed by atoms with Crippen LogP contribution in [0.2, 0.25) is 0 Å². The summed E-state index contributed by atoms with van der Waals surface area (Å²) < 4.78 is 1.21. The number of anilines is 1. The molecule has 0 aliphatic rings. The minimum absolute atomic E-state index is 0.00765. The normalized spacial score (nSPS) is 13.0. The first-order chi connectivity index (χ1) is 9.79. The molecule has 0 spiro atoms. The number of hydrogen-bond donors (Lipinski definition) is 2. The van der Waals surface area contributed by atoms with Crippen molar-refractivity contribution in [1.82, 2.24) is 9.55 Å². The van der Waals surface area contributed by atoms with E-state index in [1.54, 1.807) is 0 Å². The van der Waals surface area contributed by atoms with Crippen molar-refractivity contribution in [2.75, 3.05) is 5.32 Å². The Labute approximate surface area is 123 Å². The average molecular weight is 287 g/mol. The largest absolute Gasteiger partial charge is 0.365 e. The lowest BCUT2D eigenvalue weighted by molar-refractivity contribution is 0.367. The zero-order valence-electron chi connectivity index (χ0n) is 12.8. The van der Waals surface area contributed by atoms with Crippen LogP contribution in [0.1, 0.15) is 39.3 Å². The Morgan fingerprint density at radius 2 is 1.76 bits per heavy atom. The van der Waals surface area contributed by atoms with Crippen LogP contribution in [0.3, 0.4) is 0 Å². The highest BCUT2D eigenvalue weighted by atomic mass is 16.2. The van der Waals surface area contributed by atoms with Crippen LogP contribution in [0.15, 0.2) is 46.0 Å². The highest BCUT2D eigenvalue weighted by molar-refractivity contribution is 5.36. The quantitative estimate of drug-likeness (QED) is 0.911. The first-order valence-electron chi connectivity index (χ1n) is 6.97. The van der Waals surface area contributed by atoms with Crippen LogP contribution < -0.4 is 16.6 Å². The van der Waals surface area contributed by atoms with Gasteiger partial charge in [0, 0.05) is 17.6 Å². The number of aromatic nitrogens is 2. The summed E-state index contributed by atoms with van der Waals surface area (Å²) in [7, 11) is 0. The average Bonchev–Trinajstić information content (AvgIpc) is 2.37. The predicted molar refractivity (Wildman–Crippen MR) is 84.8 cm³/mol. The van der Waals surface area contributed by atoms with E-state index in [4.69, 9.17) is 0 Å². The van der Waals surface area contributed by atoms with Gasteiger partial charge in [0.2, 0.25) is 0 Å². The molecule has 0 saturated carbocycles. The number of hydrogen-bond acceptors (Lipinski definition) is 3. The highest BCUT2D eigenvalue weighted by Gasteiger charge is 2.18. The number of rotatable bonds is 3. The molecular formula is C16H21N3O2. The van der Waals surface area contributed by atoms with Gasteiger partial charge in [0.1, 0.15) is 5.82 Å². The summed E-state index contributed by atoms with van der Waals surface area (Å²) in [6.07, 6.45) is 0. The molecule has 1 unspecified atom stereocenters. The van der Waals surface area contributed by atoms with Crippen LogP contribution in [-0.4, -0.2) is 9.55 Å². The molecule has 2 aromatic rings. The fraction of sp³-hybridized carbons (Fsp3) is 0.375. The van der Waals surface area contributed by atoms with E-state index in [2.05, 4.69) is 10.3 Å². The Balaban J connectivity index is 2.32. The third-order valence-electron chi connectivity index (χ3n) is 3.28. The van der Waals surface area contributed by atoms with E-state index >= 15 is 0 Å². The van der Waals surface area contributed by atoms with Crippen LogP contribution in [0.4, 0.5) is 5.82 Å². The van der Waals surface area contributed by atoms with E-state index in [0.717, 1.165) is 5.56 Å². The lowest BCUT2D eigenvalue weighted by Gasteiger charge is -2.22. The van der Waals surface area contributed by atoms with Crippen molar-refractivity contribution in [1.29, 1.82) is 0 Å². The summed E-state index contributed by atoms with van der Waals surface area (Å²) >= 11 is 0. The molecule has 2 N–H and O–H groups in total. The first-order valence-corrected chi connectivity index (χ1v) is 6.97. The molecule has 21 heavy (non-hydrogen) atoms. The third-order valence-corrected chi connectivity index (χ3v) is 3.28. The van der Waals surface area contributed by atoms with Crippen molar-refractivity contribution in [3.63, 3.8) is 0 Å². The van der Waals surface area contributed by atoms with E-state index in [1.807, 2.05) is 58.0 Å². The molecule has 0 radical (unpaired) electrons. The molecular weight excluding hydrogens is 266 g/mol. The molecule has 2 rings (SSSR count). The Hall–Kier alpha value is -2.30. The summed E-state index contributed by atoms with van der Waals surface area (Å²) in [5.74, 6) is 0.432. The molecule has 1 aromatic heterocycles. The van der Waals surface area contributed by atoms with E-state index in [9.17, 15) is 9.59 Å². The summed E-state index contributed by atoms with van der Waals surface area (Å²) in [5.41, 5.74) is -0.182. The van der Waals surface area contributed by atoms with Gasteiger partial charge in [0.05, 0.1) is 0 Å². The third kappa shape index (κ3) is 3.42. The Morgan fingerprint density at radius 1 is 1.14 bits per heavy atom. The van der Waals surface area contributed by atoms with Crippen molar-refractivity contribution < 1.29 is 0 Å². The standard InChI is InChI=1S/C16H21N3O2/c1-11(12-8-6-5-7-9-12)17-13-10-14(20)19(15(21)18-13)16(2,3)4/h5-11,17H,1-4H3,(H,18,21). The maximum absolute atomic E-state index is 12.1. The monoisotopic (exact) mass is 287 g/mol. The molecule has 1 heterocycles. The van der Waals surface area contributed by atoms with E-state index in [0.29, 0.717) is 5.82 Å². The molecule has 0 amide bonds. The molecule has 112 valence electrons. The van der Waals surface area contributed by atoms with Gasteiger partial charge in [-0.15, -0.1) is 0 Å². The molecule has 0 aliphatic carbocycles. The minimum atomic E-state index is -0.547. The molecule has 1 atom stereocenters. The highest BCUT2D eigenvalue weighted by Crippen LogP contribution is 2.16. The molecule has 5 nitrogen and oxygen atoms in total. The Morgan fingerprint density at radius 3 is 2.29 bits per heavy atom. The van der Waals surface area contributed by atoms with Gasteiger partial charge in [0.15, 0.2) is 0 Å². The first kappa shape index (κ1) is 15.1. The second-order valence-corrected chi connectivity index (χ2v) is 6.11. The van der Waals surface area contributed by atoms with Crippen LogP contribution in [-0.2, 0) is 5.54 Å². The Bertz CT molecular complexity index is 692. The zero-order valence-corrected chi connectivity index (χ0v) is 12.8. The Kier molecular flexibility index (Phi) is 4.02. The van der Waals surface area contributed by atoms with E-state index in [-0.39, 0.29) is 11.6 Å². The zero-order chi connectivity index (χ0) is 15.6. The van der Waals surface area contributed by atoms with Crippen LogP contribution >= 0.6 is 0 Å². The van der Waals surface area contributed by atoms with Gasteiger partial charge < -0.3 is 5.32 Å². The number of nitrogens with zero attached hydrogens (tertiary/aromatic N) is 1. The molecule has 0 fully saturated rings. The number of aromatic amines is 1. The SMILES string of the molecule is CC(Nc1cc(=O)n(C(C)(C)C)c(=O)[nH]1)c1ccccc1. The molecule has 5 heteroatoms. The molecule has 0 bridgehead atoms. The fourth-order valence-corrected chi connectivity index (χ4v) is 2.27. The van der Waals surface area contributed by atoms with Gasteiger partial charge in [-0.3, -0.25) is 14.3 Å². The maximum atomic E-state index is 12.1. The van der Waals surface area contributed by atoms with Crippen LogP contribution in [0.5, 0.6) is 0 Å². The number of nitrogens with one attached hydrogen (secondary N) is 2.